The van der Waals surface area contributed by atoms with Crippen LogP contribution in [0.25, 0.3) is 11.2 Å². The molecule has 0 atom stereocenters. The van der Waals surface area contributed by atoms with E-state index in [1.54, 1.807) is 0 Å². The van der Waals surface area contributed by atoms with Crippen molar-refractivity contribution in [2.75, 3.05) is 5.32 Å². The van der Waals surface area contributed by atoms with Gasteiger partial charge >= 0.3 is 6.30 Å². The van der Waals surface area contributed by atoms with E-state index in [1.807, 2.05) is 4.98 Å². The SMILES string of the molecule is Cn1cnc2c(=O)[nH]c(NC(F)(F)F)nc21. The van der Waals surface area contributed by atoms with Gasteiger partial charge in [-0.25, -0.2) is 4.98 Å². The highest BCUT2D eigenvalue weighted by molar-refractivity contribution is 5.70. The molecule has 0 spiro atoms. The van der Waals surface area contributed by atoms with Crippen molar-refractivity contribution in [3.05, 3.63) is 16.7 Å². The summed E-state index contributed by atoms with van der Waals surface area (Å²) in [6.07, 6.45) is -3.35. The summed E-state index contributed by atoms with van der Waals surface area (Å²) in [6, 6.07) is 0. The van der Waals surface area contributed by atoms with Crippen molar-refractivity contribution in [3.8, 4) is 0 Å². The highest BCUT2D eigenvalue weighted by atomic mass is 19.4. The molecule has 0 bridgehead atoms. The fourth-order valence-corrected chi connectivity index (χ4v) is 1.21. The predicted octanol–water partition coefficient (Wildman–Crippen LogP) is 0.588. The van der Waals surface area contributed by atoms with Crippen LogP contribution < -0.4 is 10.9 Å². The summed E-state index contributed by atoms with van der Waals surface area (Å²) in [7, 11) is 1.53. The molecular formula is C7H6F3N5O. The second-order valence-corrected chi connectivity index (χ2v) is 3.06. The summed E-state index contributed by atoms with van der Waals surface area (Å²) < 4.78 is 37.4. The fourth-order valence-electron chi connectivity index (χ4n) is 1.21. The lowest BCUT2D eigenvalue weighted by Crippen LogP contribution is -2.24. The Balaban J connectivity index is 2.57. The summed E-state index contributed by atoms with van der Waals surface area (Å²) in [6.45, 7) is 0. The Labute approximate surface area is 86.1 Å². The Morgan fingerprint density at radius 1 is 1.50 bits per heavy atom. The van der Waals surface area contributed by atoms with Crippen LogP contribution in [0.2, 0.25) is 0 Å². The minimum Gasteiger partial charge on any atom is -0.318 e. The van der Waals surface area contributed by atoms with Crippen LogP contribution in [0.3, 0.4) is 0 Å². The van der Waals surface area contributed by atoms with Gasteiger partial charge in [0.25, 0.3) is 5.56 Å². The van der Waals surface area contributed by atoms with Crippen molar-refractivity contribution in [3.63, 3.8) is 0 Å². The van der Waals surface area contributed by atoms with Gasteiger partial charge in [-0.1, -0.05) is 0 Å². The van der Waals surface area contributed by atoms with Crippen molar-refractivity contribution in [2.24, 2.45) is 7.05 Å². The molecule has 2 aromatic heterocycles. The molecule has 2 aromatic rings. The number of imidazole rings is 1. The molecule has 6 nitrogen and oxygen atoms in total. The number of nitrogens with one attached hydrogen (secondary N) is 2. The lowest BCUT2D eigenvalue weighted by atomic mass is 10.5. The normalized spacial score (nSPS) is 12.0. The molecule has 0 aromatic carbocycles. The van der Waals surface area contributed by atoms with Gasteiger partial charge in [-0.2, -0.15) is 18.2 Å². The number of aromatic amines is 1. The van der Waals surface area contributed by atoms with Crippen LogP contribution in [0, 0.1) is 0 Å². The highest BCUT2D eigenvalue weighted by Crippen LogP contribution is 2.16. The summed E-state index contributed by atoms with van der Waals surface area (Å²) in [5, 5.41) is 1.12. The van der Waals surface area contributed by atoms with E-state index < -0.39 is 17.8 Å². The monoisotopic (exact) mass is 233 g/mol. The number of anilines is 1. The topological polar surface area (TPSA) is 75.6 Å². The first-order valence-corrected chi connectivity index (χ1v) is 4.13. The molecule has 0 aliphatic heterocycles. The van der Waals surface area contributed by atoms with Crippen LogP contribution in [0.15, 0.2) is 11.1 Å². The molecular weight excluding hydrogens is 227 g/mol. The summed E-state index contributed by atoms with van der Waals surface area (Å²) in [4.78, 5) is 20.6. The molecule has 0 unspecified atom stereocenters. The molecule has 9 heteroatoms. The van der Waals surface area contributed by atoms with Gasteiger partial charge in [-0.15, -0.1) is 0 Å². The third-order valence-electron chi connectivity index (χ3n) is 1.83. The maximum Gasteiger partial charge on any atom is 0.484 e. The van der Waals surface area contributed by atoms with Gasteiger partial charge in [0, 0.05) is 7.05 Å². The van der Waals surface area contributed by atoms with Crippen LogP contribution >= 0.6 is 0 Å². The Morgan fingerprint density at radius 3 is 2.81 bits per heavy atom. The van der Waals surface area contributed by atoms with E-state index in [0.717, 1.165) is 5.32 Å². The maximum absolute atomic E-state index is 12.0. The fraction of sp³-hybridized carbons (Fsp3) is 0.286. The lowest BCUT2D eigenvalue weighted by molar-refractivity contribution is -0.101. The van der Waals surface area contributed by atoms with E-state index in [4.69, 9.17) is 0 Å². The quantitative estimate of drug-likeness (QED) is 0.707. The van der Waals surface area contributed by atoms with E-state index in [2.05, 4.69) is 9.97 Å². The molecule has 0 fully saturated rings. The van der Waals surface area contributed by atoms with Gasteiger partial charge in [-0.3, -0.25) is 15.1 Å². The summed E-state index contributed by atoms with van der Waals surface area (Å²) in [5.74, 6) is -0.659. The third-order valence-corrected chi connectivity index (χ3v) is 1.83. The zero-order chi connectivity index (χ0) is 11.9. The van der Waals surface area contributed by atoms with Crippen LogP contribution in [0.4, 0.5) is 19.1 Å². The van der Waals surface area contributed by atoms with Crippen LogP contribution in [0.1, 0.15) is 0 Å². The number of hydrogen-bond donors (Lipinski definition) is 2. The third kappa shape index (κ3) is 1.83. The van der Waals surface area contributed by atoms with E-state index in [9.17, 15) is 18.0 Å². The van der Waals surface area contributed by atoms with E-state index in [-0.39, 0.29) is 11.2 Å². The molecule has 0 aliphatic rings. The minimum absolute atomic E-state index is 0.00442. The van der Waals surface area contributed by atoms with Gasteiger partial charge in [0.2, 0.25) is 5.95 Å². The number of hydrogen-bond acceptors (Lipinski definition) is 4. The maximum atomic E-state index is 12.0. The van der Waals surface area contributed by atoms with Crippen molar-refractivity contribution in [1.29, 1.82) is 0 Å². The number of alkyl halides is 3. The molecule has 0 radical (unpaired) electrons. The number of nitrogens with zero attached hydrogens (tertiary/aromatic N) is 3. The Bertz CT molecular complexity index is 584. The van der Waals surface area contributed by atoms with Gasteiger partial charge < -0.3 is 4.57 Å². The van der Waals surface area contributed by atoms with E-state index >= 15 is 0 Å². The van der Waals surface area contributed by atoms with Crippen molar-refractivity contribution in [2.45, 2.75) is 6.30 Å². The Hall–Kier alpha value is -2.06. The number of halogens is 3. The molecule has 2 rings (SSSR count). The first-order chi connectivity index (χ1) is 7.37. The number of aromatic nitrogens is 4. The largest absolute Gasteiger partial charge is 0.484 e. The average molecular weight is 233 g/mol. The number of aryl methyl sites for hydroxylation is 1. The number of rotatable bonds is 1. The molecule has 0 amide bonds. The van der Waals surface area contributed by atoms with Gasteiger partial charge in [-0.05, 0) is 0 Å². The second-order valence-electron chi connectivity index (χ2n) is 3.06. The van der Waals surface area contributed by atoms with E-state index in [0.29, 0.717) is 0 Å². The first kappa shape index (κ1) is 10.5. The van der Waals surface area contributed by atoms with Gasteiger partial charge in [0.05, 0.1) is 6.33 Å². The summed E-state index contributed by atoms with van der Waals surface area (Å²) >= 11 is 0. The van der Waals surface area contributed by atoms with Crippen molar-refractivity contribution in [1.82, 2.24) is 19.5 Å². The number of H-pyrrole nitrogens is 1. The molecule has 0 saturated carbocycles. The minimum atomic E-state index is -4.65. The van der Waals surface area contributed by atoms with Crippen LogP contribution in [-0.4, -0.2) is 25.8 Å². The smallest absolute Gasteiger partial charge is 0.318 e. The highest BCUT2D eigenvalue weighted by Gasteiger charge is 2.28. The summed E-state index contributed by atoms with van der Waals surface area (Å²) in [5.41, 5.74) is -0.650. The Morgan fingerprint density at radius 2 is 2.19 bits per heavy atom. The molecule has 0 saturated heterocycles. The zero-order valence-corrected chi connectivity index (χ0v) is 7.96. The number of fused-ring (bicyclic) bond motifs is 1. The van der Waals surface area contributed by atoms with Gasteiger partial charge in [0.1, 0.15) is 0 Å². The lowest BCUT2D eigenvalue weighted by Gasteiger charge is -2.08. The van der Waals surface area contributed by atoms with Gasteiger partial charge in [0.15, 0.2) is 11.2 Å². The molecule has 86 valence electrons. The predicted molar refractivity (Wildman–Crippen MR) is 48.8 cm³/mol. The molecule has 2 heterocycles. The molecule has 0 aliphatic carbocycles. The average Bonchev–Trinajstić information content (AvgIpc) is 2.45. The van der Waals surface area contributed by atoms with Crippen molar-refractivity contribution >= 4 is 17.1 Å². The van der Waals surface area contributed by atoms with Crippen LogP contribution in [-0.2, 0) is 7.05 Å². The van der Waals surface area contributed by atoms with Crippen LogP contribution in [0.5, 0.6) is 0 Å². The first-order valence-electron chi connectivity index (χ1n) is 4.13. The van der Waals surface area contributed by atoms with Crippen molar-refractivity contribution < 1.29 is 13.2 Å². The standard InChI is InChI=1S/C7H6F3N5O/c1-15-2-11-3-4(15)12-6(13-5(3)16)14-7(8,9)10/h2H,1H3,(H2,12,13,14,16). The van der Waals surface area contributed by atoms with E-state index in [1.165, 1.54) is 17.9 Å². The molecule has 16 heavy (non-hydrogen) atoms. The Kier molecular flexibility index (Phi) is 2.10. The second kappa shape index (κ2) is 3.22. The zero-order valence-electron chi connectivity index (χ0n) is 7.96. The molecule has 2 N–H and O–H groups in total.